The van der Waals surface area contributed by atoms with Crippen LogP contribution in [-0.2, 0) is 0 Å². The molecule has 0 aliphatic heterocycles. The molecule has 3 rings (SSSR count). The number of aryl methyl sites for hydroxylation is 1. The standard InChI is InChI=1S/C17H14BrClN2O2S/c1-11-2-4-12(5-3-11)16-20-21-17(23-16)24-9-8-22-15-7-6-13(19)10-14(15)18/h2-7,10H,8-9H2,1H3. The molecule has 0 unspecified atom stereocenters. The summed E-state index contributed by atoms with van der Waals surface area (Å²) in [5, 5.41) is 9.33. The number of nitrogens with zero attached hydrogens (tertiary/aromatic N) is 2. The van der Waals surface area contributed by atoms with Crippen molar-refractivity contribution in [2.45, 2.75) is 12.1 Å². The molecule has 0 bridgehead atoms. The summed E-state index contributed by atoms with van der Waals surface area (Å²) < 4.78 is 12.2. The SMILES string of the molecule is Cc1ccc(-c2nnc(SCCOc3ccc(Cl)cc3Br)o2)cc1. The summed E-state index contributed by atoms with van der Waals surface area (Å²) >= 11 is 10.8. The van der Waals surface area contributed by atoms with Crippen LogP contribution in [0.4, 0.5) is 0 Å². The molecule has 0 N–H and O–H groups in total. The maximum atomic E-state index is 5.90. The van der Waals surface area contributed by atoms with Crippen molar-refractivity contribution in [3.8, 4) is 17.2 Å². The summed E-state index contributed by atoms with van der Waals surface area (Å²) in [6.45, 7) is 2.56. The van der Waals surface area contributed by atoms with Gasteiger partial charge in [0.1, 0.15) is 5.75 Å². The summed E-state index contributed by atoms with van der Waals surface area (Å²) in [4.78, 5) is 0. The van der Waals surface area contributed by atoms with Crippen LogP contribution >= 0.6 is 39.3 Å². The Labute approximate surface area is 157 Å². The van der Waals surface area contributed by atoms with Gasteiger partial charge in [0, 0.05) is 16.3 Å². The minimum absolute atomic E-state index is 0.521. The molecule has 0 radical (unpaired) electrons. The lowest BCUT2D eigenvalue weighted by Gasteiger charge is -2.07. The lowest BCUT2D eigenvalue weighted by atomic mass is 10.1. The molecule has 0 aliphatic rings. The Morgan fingerprint density at radius 3 is 2.71 bits per heavy atom. The normalized spacial score (nSPS) is 10.8. The lowest BCUT2D eigenvalue weighted by molar-refractivity contribution is 0.341. The number of ether oxygens (including phenoxy) is 1. The first-order chi connectivity index (χ1) is 11.6. The van der Waals surface area contributed by atoms with Gasteiger partial charge in [-0.15, -0.1) is 10.2 Å². The van der Waals surface area contributed by atoms with Crippen molar-refractivity contribution in [1.82, 2.24) is 10.2 Å². The maximum Gasteiger partial charge on any atom is 0.276 e. The van der Waals surface area contributed by atoms with Crippen LogP contribution < -0.4 is 4.74 Å². The van der Waals surface area contributed by atoms with E-state index >= 15 is 0 Å². The Morgan fingerprint density at radius 1 is 1.17 bits per heavy atom. The van der Waals surface area contributed by atoms with Gasteiger partial charge in [0.15, 0.2) is 0 Å². The highest BCUT2D eigenvalue weighted by Crippen LogP contribution is 2.28. The van der Waals surface area contributed by atoms with E-state index in [0.717, 1.165) is 15.8 Å². The second kappa shape index (κ2) is 8.05. The van der Waals surface area contributed by atoms with Crippen LogP contribution in [0.3, 0.4) is 0 Å². The van der Waals surface area contributed by atoms with Gasteiger partial charge in [0.2, 0.25) is 5.89 Å². The van der Waals surface area contributed by atoms with Crippen LogP contribution in [0.2, 0.25) is 5.02 Å². The molecular weight excluding hydrogens is 412 g/mol. The first-order valence-electron chi connectivity index (χ1n) is 7.23. The van der Waals surface area contributed by atoms with E-state index in [1.54, 1.807) is 12.1 Å². The molecule has 24 heavy (non-hydrogen) atoms. The molecule has 0 saturated carbocycles. The van der Waals surface area contributed by atoms with Gasteiger partial charge in [-0.25, -0.2) is 0 Å². The quantitative estimate of drug-likeness (QED) is 0.378. The highest BCUT2D eigenvalue weighted by atomic mass is 79.9. The Bertz CT molecular complexity index is 824. The molecule has 0 saturated heterocycles. The van der Waals surface area contributed by atoms with Gasteiger partial charge in [-0.1, -0.05) is 41.1 Å². The smallest absolute Gasteiger partial charge is 0.276 e. The average Bonchev–Trinajstić information content (AvgIpc) is 3.03. The van der Waals surface area contributed by atoms with Crippen LogP contribution in [0.1, 0.15) is 5.56 Å². The zero-order chi connectivity index (χ0) is 16.9. The van der Waals surface area contributed by atoms with E-state index in [4.69, 9.17) is 20.8 Å². The van der Waals surface area contributed by atoms with Crippen LogP contribution in [0.5, 0.6) is 5.75 Å². The van der Waals surface area contributed by atoms with E-state index < -0.39 is 0 Å². The lowest BCUT2D eigenvalue weighted by Crippen LogP contribution is -2.00. The van der Waals surface area contributed by atoms with Crippen molar-refractivity contribution in [3.63, 3.8) is 0 Å². The molecule has 0 amide bonds. The van der Waals surface area contributed by atoms with Crippen LogP contribution in [0.25, 0.3) is 11.5 Å². The van der Waals surface area contributed by atoms with E-state index in [1.807, 2.05) is 37.3 Å². The molecule has 0 aliphatic carbocycles. The Kier molecular flexibility index (Phi) is 5.81. The second-order valence-corrected chi connectivity index (χ2v) is 7.35. The van der Waals surface area contributed by atoms with Crippen molar-refractivity contribution >= 4 is 39.3 Å². The van der Waals surface area contributed by atoms with Crippen molar-refractivity contribution in [2.75, 3.05) is 12.4 Å². The minimum atomic E-state index is 0.521. The number of thioether (sulfide) groups is 1. The van der Waals surface area contributed by atoms with Crippen LogP contribution in [0, 0.1) is 6.92 Å². The van der Waals surface area contributed by atoms with Gasteiger partial charge in [-0.2, -0.15) is 0 Å². The zero-order valence-corrected chi connectivity index (χ0v) is 16.0. The van der Waals surface area contributed by atoms with E-state index in [-0.39, 0.29) is 0 Å². The summed E-state index contributed by atoms with van der Waals surface area (Å²) in [6.07, 6.45) is 0. The van der Waals surface area contributed by atoms with Gasteiger partial charge in [-0.05, 0) is 53.2 Å². The van der Waals surface area contributed by atoms with Crippen molar-refractivity contribution in [1.29, 1.82) is 0 Å². The number of benzene rings is 2. The number of halogens is 2. The van der Waals surface area contributed by atoms with E-state index in [1.165, 1.54) is 17.3 Å². The fourth-order valence-corrected chi connectivity index (χ4v) is 3.33. The van der Waals surface area contributed by atoms with Crippen molar-refractivity contribution < 1.29 is 9.15 Å². The molecule has 1 heterocycles. The number of rotatable bonds is 6. The predicted octanol–water partition coefficient (Wildman–Crippen LogP) is 5.63. The molecule has 4 nitrogen and oxygen atoms in total. The van der Waals surface area contributed by atoms with Crippen LogP contribution in [-0.4, -0.2) is 22.6 Å². The van der Waals surface area contributed by atoms with Gasteiger partial charge in [0.05, 0.1) is 11.1 Å². The summed E-state index contributed by atoms with van der Waals surface area (Å²) in [5.74, 6) is 1.98. The molecule has 0 atom stereocenters. The van der Waals surface area contributed by atoms with Gasteiger partial charge < -0.3 is 9.15 Å². The largest absolute Gasteiger partial charge is 0.492 e. The molecule has 2 aromatic carbocycles. The third-order valence-electron chi connectivity index (χ3n) is 3.17. The predicted molar refractivity (Wildman–Crippen MR) is 99.8 cm³/mol. The summed E-state index contributed by atoms with van der Waals surface area (Å²) in [5.41, 5.74) is 2.11. The highest BCUT2D eigenvalue weighted by Gasteiger charge is 2.09. The molecular formula is C17H14BrClN2O2S. The molecule has 1 aromatic heterocycles. The van der Waals surface area contributed by atoms with E-state index in [0.29, 0.717) is 28.5 Å². The minimum Gasteiger partial charge on any atom is -0.492 e. The Morgan fingerprint density at radius 2 is 1.96 bits per heavy atom. The summed E-state index contributed by atoms with van der Waals surface area (Å²) in [6, 6.07) is 13.4. The molecule has 0 spiro atoms. The highest BCUT2D eigenvalue weighted by molar-refractivity contribution is 9.10. The van der Waals surface area contributed by atoms with Gasteiger partial charge >= 0.3 is 0 Å². The van der Waals surface area contributed by atoms with Gasteiger partial charge in [-0.3, -0.25) is 0 Å². The van der Waals surface area contributed by atoms with Crippen LogP contribution in [0.15, 0.2) is 56.6 Å². The molecule has 124 valence electrons. The number of hydrogen-bond donors (Lipinski definition) is 0. The Hall–Kier alpha value is -1.50. The molecule has 3 aromatic rings. The number of aromatic nitrogens is 2. The zero-order valence-electron chi connectivity index (χ0n) is 12.8. The van der Waals surface area contributed by atoms with E-state index in [9.17, 15) is 0 Å². The second-order valence-electron chi connectivity index (χ2n) is 5.01. The van der Waals surface area contributed by atoms with E-state index in [2.05, 4.69) is 26.1 Å². The maximum absolute atomic E-state index is 5.90. The third-order valence-corrected chi connectivity index (χ3v) is 4.80. The third kappa shape index (κ3) is 4.53. The average molecular weight is 426 g/mol. The summed E-state index contributed by atoms with van der Waals surface area (Å²) in [7, 11) is 0. The number of hydrogen-bond acceptors (Lipinski definition) is 5. The first kappa shape index (κ1) is 17.3. The van der Waals surface area contributed by atoms with Crippen molar-refractivity contribution in [2.24, 2.45) is 0 Å². The van der Waals surface area contributed by atoms with Gasteiger partial charge in [0.25, 0.3) is 5.22 Å². The Balaban J connectivity index is 1.51. The van der Waals surface area contributed by atoms with Crippen molar-refractivity contribution in [3.05, 3.63) is 57.5 Å². The first-order valence-corrected chi connectivity index (χ1v) is 9.38. The molecule has 7 heteroatoms. The molecule has 0 fully saturated rings. The fraction of sp³-hybridized carbons (Fsp3) is 0.176. The monoisotopic (exact) mass is 424 g/mol. The topological polar surface area (TPSA) is 48.2 Å². The fourth-order valence-electron chi connectivity index (χ4n) is 1.95.